The number of nitrogens with zero attached hydrogens (tertiary/aromatic N) is 4. The Morgan fingerprint density at radius 2 is 1.95 bits per heavy atom. The number of alkyl halides is 3. The molecule has 1 aliphatic carbocycles. The van der Waals surface area contributed by atoms with Gasteiger partial charge in [0.15, 0.2) is 5.82 Å². The molecule has 0 amide bonds. The molecule has 2 fully saturated rings. The molecule has 0 bridgehead atoms. The van der Waals surface area contributed by atoms with E-state index in [-0.39, 0.29) is 48.2 Å². The summed E-state index contributed by atoms with van der Waals surface area (Å²) in [6.45, 7) is 2.35. The van der Waals surface area contributed by atoms with Gasteiger partial charge in [0.2, 0.25) is 0 Å². The van der Waals surface area contributed by atoms with Crippen molar-refractivity contribution in [1.82, 2.24) is 15.0 Å². The molecule has 3 aromatic rings. The minimum absolute atomic E-state index is 0.0920. The van der Waals surface area contributed by atoms with Crippen LogP contribution in [0.4, 0.5) is 29.1 Å². The number of rotatable bonds is 6. The van der Waals surface area contributed by atoms with Crippen molar-refractivity contribution in [2.75, 3.05) is 36.9 Å². The Bertz CT molecular complexity index is 1400. The summed E-state index contributed by atoms with van der Waals surface area (Å²) in [5, 5.41) is 19.7. The molecule has 0 radical (unpaired) electrons. The Morgan fingerprint density at radius 1 is 1.21 bits per heavy atom. The second-order valence-electron chi connectivity index (χ2n) is 10.4. The fourth-order valence-electron chi connectivity index (χ4n) is 4.76. The molecule has 1 atom stereocenters. The quantitative estimate of drug-likeness (QED) is 0.299. The minimum Gasteiger partial charge on any atom is -0.463 e. The van der Waals surface area contributed by atoms with Crippen LogP contribution in [0.2, 0.25) is 5.02 Å². The van der Waals surface area contributed by atoms with E-state index in [2.05, 4.69) is 15.0 Å². The van der Waals surface area contributed by atoms with Gasteiger partial charge in [-0.3, -0.25) is 4.98 Å². The van der Waals surface area contributed by atoms with Crippen LogP contribution in [0.1, 0.15) is 38.2 Å². The predicted octanol–water partition coefficient (Wildman–Crippen LogP) is 4.59. The largest absolute Gasteiger partial charge is 0.463 e. The maximum atomic E-state index is 16.1. The summed E-state index contributed by atoms with van der Waals surface area (Å²) < 4.78 is 63.5. The predicted molar refractivity (Wildman–Crippen MR) is 133 cm³/mol. The summed E-state index contributed by atoms with van der Waals surface area (Å²) in [6.07, 6.45) is -1.02. The SMILES string of the molecule is C[C@@]1(O)CCCN(c2nc(OCC3(CO)CC3)nc3c(F)c(-c4cc(N)cc(Cl)c4C(F)(F)F)ncc23)C1. The molecule has 2 aromatic heterocycles. The molecule has 1 aromatic carbocycles. The van der Waals surface area contributed by atoms with E-state index in [1.807, 2.05) is 0 Å². The fraction of sp³-hybridized carbons (Fsp3) is 0.480. The number of β-amino-alcohol motifs (C(OH)–C–C–N with tert-alkyl or cyclic N) is 1. The lowest BCUT2D eigenvalue weighted by molar-refractivity contribution is -0.137. The van der Waals surface area contributed by atoms with Gasteiger partial charge in [-0.25, -0.2) is 4.39 Å². The number of hydrogen-bond acceptors (Lipinski definition) is 8. The Morgan fingerprint density at radius 3 is 2.58 bits per heavy atom. The zero-order chi connectivity index (χ0) is 27.5. The third-order valence-corrected chi connectivity index (χ3v) is 7.37. The van der Waals surface area contributed by atoms with Crippen LogP contribution in [0.5, 0.6) is 6.01 Å². The molecule has 13 heteroatoms. The number of ether oxygens (including phenoxy) is 1. The van der Waals surface area contributed by atoms with Gasteiger partial charge in [0.05, 0.1) is 34.8 Å². The number of pyridine rings is 1. The molecule has 5 rings (SSSR count). The maximum Gasteiger partial charge on any atom is 0.418 e. The highest BCUT2D eigenvalue weighted by molar-refractivity contribution is 6.32. The summed E-state index contributed by atoms with van der Waals surface area (Å²) in [4.78, 5) is 14.4. The van der Waals surface area contributed by atoms with Crippen LogP contribution in [0.25, 0.3) is 22.2 Å². The smallest absolute Gasteiger partial charge is 0.418 e. The van der Waals surface area contributed by atoms with Gasteiger partial charge in [-0.1, -0.05) is 11.6 Å². The molecule has 1 saturated carbocycles. The summed E-state index contributed by atoms with van der Waals surface area (Å²) in [7, 11) is 0. The van der Waals surface area contributed by atoms with Crippen LogP contribution in [0, 0.1) is 11.2 Å². The number of aliphatic hydroxyl groups excluding tert-OH is 1. The first-order valence-electron chi connectivity index (χ1n) is 12.1. The van der Waals surface area contributed by atoms with Crippen molar-refractivity contribution in [3.63, 3.8) is 0 Å². The van der Waals surface area contributed by atoms with E-state index in [0.29, 0.717) is 19.4 Å². The summed E-state index contributed by atoms with van der Waals surface area (Å²) in [5.41, 5.74) is 1.37. The lowest BCUT2D eigenvalue weighted by Gasteiger charge is -2.37. The van der Waals surface area contributed by atoms with Gasteiger partial charge in [0.25, 0.3) is 0 Å². The molecule has 1 aliphatic heterocycles. The van der Waals surface area contributed by atoms with E-state index in [0.717, 1.165) is 25.0 Å². The zero-order valence-corrected chi connectivity index (χ0v) is 21.2. The molecule has 204 valence electrons. The second-order valence-corrected chi connectivity index (χ2v) is 10.8. The molecule has 38 heavy (non-hydrogen) atoms. The molecular weight excluding hydrogens is 530 g/mol. The van der Waals surface area contributed by atoms with Crippen molar-refractivity contribution in [1.29, 1.82) is 0 Å². The highest BCUT2D eigenvalue weighted by Crippen LogP contribution is 2.46. The van der Waals surface area contributed by atoms with E-state index in [1.54, 1.807) is 11.8 Å². The number of hydrogen-bond donors (Lipinski definition) is 3. The van der Waals surface area contributed by atoms with Gasteiger partial charge in [0, 0.05) is 36.0 Å². The molecule has 0 unspecified atom stereocenters. The summed E-state index contributed by atoms with van der Waals surface area (Å²) in [5.74, 6) is -0.895. The first-order chi connectivity index (χ1) is 17.8. The minimum atomic E-state index is -4.91. The fourth-order valence-corrected chi connectivity index (χ4v) is 5.10. The Balaban J connectivity index is 1.68. The van der Waals surface area contributed by atoms with Crippen molar-refractivity contribution in [2.24, 2.45) is 5.41 Å². The number of aliphatic hydroxyl groups is 2. The lowest BCUT2D eigenvalue weighted by atomic mass is 9.95. The van der Waals surface area contributed by atoms with Crippen LogP contribution in [0.15, 0.2) is 18.3 Å². The number of halogens is 5. The number of piperidine rings is 1. The average Bonchev–Trinajstić information content (AvgIpc) is 3.61. The first-order valence-corrected chi connectivity index (χ1v) is 12.4. The third kappa shape index (κ3) is 5.04. The summed E-state index contributed by atoms with van der Waals surface area (Å²) >= 11 is 5.88. The lowest BCUT2D eigenvalue weighted by Crippen LogP contribution is -2.46. The number of anilines is 2. The van der Waals surface area contributed by atoms with Crippen LogP contribution < -0.4 is 15.4 Å². The van der Waals surface area contributed by atoms with Crippen LogP contribution in [-0.2, 0) is 6.18 Å². The van der Waals surface area contributed by atoms with Crippen LogP contribution in [0.3, 0.4) is 0 Å². The van der Waals surface area contributed by atoms with Gasteiger partial charge < -0.3 is 25.6 Å². The molecule has 8 nitrogen and oxygen atoms in total. The van der Waals surface area contributed by atoms with E-state index >= 15 is 4.39 Å². The van der Waals surface area contributed by atoms with Crippen molar-refractivity contribution >= 4 is 34.0 Å². The van der Waals surface area contributed by atoms with E-state index in [9.17, 15) is 23.4 Å². The topological polar surface area (TPSA) is 118 Å². The highest BCUT2D eigenvalue weighted by Gasteiger charge is 2.43. The number of nitrogen functional groups attached to an aromatic ring is 1. The molecule has 2 aliphatic rings. The number of aromatic nitrogens is 3. The van der Waals surface area contributed by atoms with Crippen molar-refractivity contribution < 1.29 is 32.5 Å². The van der Waals surface area contributed by atoms with E-state index in [1.165, 1.54) is 6.20 Å². The van der Waals surface area contributed by atoms with Gasteiger partial charge in [0.1, 0.15) is 17.0 Å². The standard InChI is InChI=1S/C25H26ClF4N5O3/c1-23(37)3-2-6-35(10-23)21-15-9-32-19(14-7-13(31)8-16(26)17(14)25(28,29)30)18(27)20(15)33-22(34-21)38-12-24(11-36)4-5-24/h7-9,36-37H,2-6,10-12,31H2,1H3/t23-/m1/s1. The van der Waals surface area contributed by atoms with E-state index in [4.69, 9.17) is 22.1 Å². The molecule has 3 heterocycles. The second kappa shape index (κ2) is 9.35. The van der Waals surface area contributed by atoms with Gasteiger partial charge >= 0.3 is 12.2 Å². The summed E-state index contributed by atoms with van der Waals surface area (Å²) in [6, 6.07) is 1.71. The van der Waals surface area contributed by atoms with Crippen LogP contribution >= 0.6 is 11.6 Å². The van der Waals surface area contributed by atoms with Crippen molar-refractivity contribution in [2.45, 2.75) is 44.4 Å². The molecular formula is C25H26ClF4N5O3. The van der Waals surface area contributed by atoms with Gasteiger partial charge in [-0.05, 0) is 44.7 Å². The monoisotopic (exact) mass is 555 g/mol. The van der Waals surface area contributed by atoms with E-state index < -0.39 is 44.9 Å². The normalized spacial score (nSPS) is 21.1. The molecule has 4 N–H and O–H groups in total. The van der Waals surface area contributed by atoms with Crippen molar-refractivity contribution in [3.05, 3.63) is 34.7 Å². The maximum absolute atomic E-state index is 16.1. The number of nitrogens with two attached hydrogens (primary N) is 1. The molecule has 0 spiro atoms. The number of benzene rings is 1. The third-order valence-electron chi connectivity index (χ3n) is 7.07. The Kier molecular flexibility index (Phi) is 6.56. The van der Waals surface area contributed by atoms with Gasteiger partial charge in [-0.2, -0.15) is 23.1 Å². The molecule has 1 saturated heterocycles. The van der Waals surface area contributed by atoms with Gasteiger partial charge in [-0.15, -0.1) is 0 Å². The Hall–Kier alpha value is -2.96. The number of fused-ring (bicyclic) bond motifs is 1. The zero-order valence-electron chi connectivity index (χ0n) is 20.4. The van der Waals surface area contributed by atoms with Crippen LogP contribution in [-0.4, -0.2) is 57.1 Å². The average molecular weight is 556 g/mol. The first kappa shape index (κ1) is 26.6. The Labute approximate surface area is 220 Å². The highest BCUT2D eigenvalue weighted by atomic mass is 35.5. The van der Waals surface area contributed by atoms with Crippen molar-refractivity contribution in [3.8, 4) is 17.3 Å².